The van der Waals surface area contributed by atoms with E-state index in [1.54, 1.807) is 6.92 Å². The first-order chi connectivity index (χ1) is 12.8. The lowest BCUT2D eigenvalue weighted by atomic mass is 9.70. The molecule has 0 bridgehead atoms. The Morgan fingerprint density at radius 3 is 2.41 bits per heavy atom. The maximum absolute atomic E-state index is 13.0. The Kier molecular flexibility index (Phi) is 7.84. The minimum atomic E-state index is -0.587. The van der Waals surface area contributed by atoms with Gasteiger partial charge in [0.05, 0.1) is 12.1 Å². The van der Waals surface area contributed by atoms with Crippen LogP contribution in [0, 0.1) is 23.7 Å². The smallest absolute Gasteiger partial charge is 0.237 e. The van der Waals surface area contributed by atoms with Crippen molar-refractivity contribution >= 4 is 11.8 Å². The molecule has 0 aromatic heterocycles. The summed E-state index contributed by atoms with van der Waals surface area (Å²) in [5.74, 6) is 1.44. The number of carbonyl (C=O) groups excluding carboxylic acids is 2. The van der Waals surface area contributed by atoms with Crippen molar-refractivity contribution in [3.8, 4) is 0 Å². The lowest BCUT2D eigenvalue weighted by molar-refractivity contribution is -0.130. The van der Waals surface area contributed by atoms with Crippen molar-refractivity contribution in [2.24, 2.45) is 29.4 Å². The predicted octanol–water partition coefficient (Wildman–Crippen LogP) is 3.02. The number of carbonyl (C=O) groups is 2. The van der Waals surface area contributed by atoms with Crippen LogP contribution >= 0.6 is 0 Å². The molecule has 27 heavy (non-hydrogen) atoms. The lowest BCUT2D eigenvalue weighted by Gasteiger charge is -2.36. The highest BCUT2D eigenvalue weighted by Crippen LogP contribution is 2.38. The molecule has 2 amide bonds. The Morgan fingerprint density at radius 1 is 1.15 bits per heavy atom. The van der Waals surface area contributed by atoms with Gasteiger partial charge in [-0.15, -0.1) is 0 Å². The Hall–Kier alpha value is -1.88. The number of hydrogen-bond donors (Lipinski definition) is 3. The van der Waals surface area contributed by atoms with Crippen molar-refractivity contribution < 1.29 is 9.59 Å². The van der Waals surface area contributed by atoms with E-state index in [1.807, 2.05) is 30.3 Å². The minimum absolute atomic E-state index is 0.0503. The first-order valence-corrected chi connectivity index (χ1v) is 10.2. The van der Waals surface area contributed by atoms with Crippen molar-refractivity contribution in [2.75, 3.05) is 6.54 Å². The maximum atomic E-state index is 13.0. The summed E-state index contributed by atoms with van der Waals surface area (Å²) in [7, 11) is 0. The van der Waals surface area contributed by atoms with Gasteiger partial charge in [-0.25, -0.2) is 0 Å². The number of nitrogens with one attached hydrogen (secondary N) is 2. The summed E-state index contributed by atoms with van der Waals surface area (Å²) in [5.41, 5.74) is 6.66. The molecule has 0 aliphatic heterocycles. The monoisotopic (exact) mass is 373 g/mol. The highest BCUT2D eigenvalue weighted by atomic mass is 16.2. The fourth-order valence-electron chi connectivity index (χ4n) is 4.08. The zero-order valence-corrected chi connectivity index (χ0v) is 17.1. The summed E-state index contributed by atoms with van der Waals surface area (Å²) in [4.78, 5) is 25.1. The molecular weight excluding hydrogens is 338 g/mol. The number of nitrogens with two attached hydrogens (primary N) is 1. The van der Waals surface area contributed by atoms with Crippen LogP contribution in [0.1, 0.15) is 58.6 Å². The van der Waals surface area contributed by atoms with Crippen LogP contribution in [0.5, 0.6) is 0 Å². The Labute approximate surface area is 163 Å². The first-order valence-electron chi connectivity index (χ1n) is 10.2. The quantitative estimate of drug-likeness (QED) is 0.687. The molecule has 0 saturated heterocycles. The molecule has 0 spiro atoms. The van der Waals surface area contributed by atoms with Crippen molar-refractivity contribution in [3.05, 3.63) is 35.9 Å². The molecule has 1 unspecified atom stereocenters. The largest absolute Gasteiger partial charge is 0.353 e. The van der Waals surface area contributed by atoms with E-state index in [1.165, 1.54) is 6.42 Å². The summed E-state index contributed by atoms with van der Waals surface area (Å²) in [5, 5.41) is 6.06. The molecule has 0 heterocycles. The van der Waals surface area contributed by atoms with E-state index in [4.69, 9.17) is 5.73 Å². The van der Waals surface area contributed by atoms with Gasteiger partial charge in [-0.3, -0.25) is 9.59 Å². The third-order valence-corrected chi connectivity index (χ3v) is 5.77. The molecule has 2 rings (SSSR count). The highest BCUT2D eigenvalue weighted by molar-refractivity contribution is 5.82. The number of benzene rings is 1. The van der Waals surface area contributed by atoms with E-state index in [-0.39, 0.29) is 23.8 Å². The fourth-order valence-corrected chi connectivity index (χ4v) is 4.08. The third kappa shape index (κ3) is 6.06. The summed E-state index contributed by atoms with van der Waals surface area (Å²) >= 11 is 0. The number of rotatable bonds is 7. The number of hydrogen-bond acceptors (Lipinski definition) is 3. The van der Waals surface area contributed by atoms with Gasteiger partial charge in [0.15, 0.2) is 0 Å². The molecule has 5 heteroatoms. The normalized spacial score (nSPS) is 24.9. The van der Waals surface area contributed by atoms with E-state index in [9.17, 15) is 9.59 Å². The van der Waals surface area contributed by atoms with Crippen molar-refractivity contribution in [3.63, 3.8) is 0 Å². The zero-order valence-electron chi connectivity index (χ0n) is 17.1. The number of amides is 2. The van der Waals surface area contributed by atoms with Gasteiger partial charge in [0.2, 0.25) is 11.8 Å². The summed E-state index contributed by atoms with van der Waals surface area (Å²) in [6.45, 7) is 8.67. The van der Waals surface area contributed by atoms with Crippen LogP contribution in [-0.4, -0.2) is 24.4 Å². The molecule has 1 aromatic carbocycles. The van der Waals surface area contributed by atoms with E-state index in [2.05, 4.69) is 31.4 Å². The molecule has 5 nitrogen and oxygen atoms in total. The first kappa shape index (κ1) is 21.4. The van der Waals surface area contributed by atoms with Crippen molar-refractivity contribution in [1.82, 2.24) is 10.6 Å². The van der Waals surface area contributed by atoms with Crippen LogP contribution in [0.4, 0.5) is 0 Å². The average Bonchev–Trinajstić information content (AvgIpc) is 2.64. The summed E-state index contributed by atoms with van der Waals surface area (Å²) in [6.07, 6.45) is 3.25. The second kappa shape index (κ2) is 9.88. The average molecular weight is 374 g/mol. The molecule has 1 aliphatic rings. The summed E-state index contributed by atoms with van der Waals surface area (Å²) < 4.78 is 0. The molecule has 4 N–H and O–H groups in total. The zero-order chi connectivity index (χ0) is 20.0. The third-order valence-electron chi connectivity index (χ3n) is 5.77. The molecule has 1 aromatic rings. The second-order valence-corrected chi connectivity index (χ2v) is 8.44. The molecule has 1 aliphatic carbocycles. The Morgan fingerprint density at radius 2 is 1.81 bits per heavy atom. The van der Waals surface area contributed by atoms with Crippen LogP contribution in [-0.2, 0) is 9.59 Å². The molecule has 5 atom stereocenters. The van der Waals surface area contributed by atoms with E-state index in [0.29, 0.717) is 24.3 Å². The molecule has 1 fully saturated rings. The van der Waals surface area contributed by atoms with Crippen molar-refractivity contribution in [2.45, 2.75) is 59.0 Å². The molecule has 1 saturated carbocycles. The summed E-state index contributed by atoms with van der Waals surface area (Å²) in [6, 6.07) is 8.84. The van der Waals surface area contributed by atoms with Gasteiger partial charge in [0, 0.05) is 12.5 Å². The molecular formula is C22H35N3O2. The topological polar surface area (TPSA) is 84.2 Å². The Bertz CT molecular complexity index is 615. The second-order valence-electron chi connectivity index (χ2n) is 8.44. The van der Waals surface area contributed by atoms with Gasteiger partial charge in [-0.2, -0.15) is 0 Å². The van der Waals surface area contributed by atoms with E-state index >= 15 is 0 Å². The fraction of sp³-hybridized carbons (Fsp3) is 0.636. The standard InChI is InChI=1S/C22H35N3O2/c1-14(2)18-11-10-15(3)12-19(18)22(27)24-13-20(25-21(26)16(4)23)17-8-6-5-7-9-17/h5-9,14-16,18-20H,10-13,23H2,1-4H3,(H,24,27)(H,25,26)/t15-,16-,18+,19-,20?/m1/s1. The van der Waals surface area contributed by atoms with Crippen LogP contribution in [0.25, 0.3) is 0 Å². The SMILES string of the molecule is CC(C)[C@@H]1CC[C@@H](C)C[C@H]1C(=O)NCC(NC(=O)[C@@H](C)N)c1ccccc1. The van der Waals surface area contributed by atoms with Gasteiger partial charge in [0.1, 0.15) is 0 Å². The van der Waals surface area contributed by atoms with Crippen LogP contribution < -0.4 is 16.4 Å². The van der Waals surface area contributed by atoms with Crippen molar-refractivity contribution in [1.29, 1.82) is 0 Å². The predicted molar refractivity (Wildman–Crippen MR) is 109 cm³/mol. The van der Waals surface area contributed by atoms with E-state index < -0.39 is 6.04 Å². The van der Waals surface area contributed by atoms with Gasteiger partial charge in [0.25, 0.3) is 0 Å². The van der Waals surface area contributed by atoms with Gasteiger partial charge in [-0.05, 0) is 43.1 Å². The van der Waals surface area contributed by atoms with E-state index in [0.717, 1.165) is 18.4 Å². The molecule has 0 radical (unpaired) electrons. The minimum Gasteiger partial charge on any atom is -0.353 e. The lowest BCUT2D eigenvalue weighted by Crippen LogP contribution is -2.46. The van der Waals surface area contributed by atoms with Crippen LogP contribution in [0.2, 0.25) is 0 Å². The maximum Gasteiger partial charge on any atom is 0.237 e. The molecule has 150 valence electrons. The van der Waals surface area contributed by atoms with Gasteiger partial charge < -0.3 is 16.4 Å². The Balaban J connectivity index is 2.06. The van der Waals surface area contributed by atoms with Gasteiger partial charge >= 0.3 is 0 Å². The van der Waals surface area contributed by atoms with Gasteiger partial charge in [-0.1, -0.05) is 57.5 Å². The van der Waals surface area contributed by atoms with Crippen LogP contribution in [0.15, 0.2) is 30.3 Å². The van der Waals surface area contributed by atoms with Crippen LogP contribution in [0.3, 0.4) is 0 Å². The highest BCUT2D eigenvalue weighted by Gasteiger charge is 2.35.